The molecular weight excluding hydrogens is 246 g/mol. The SMILES string of the molecule is CCCOc1ncnc(NCc2nncn2C)c1N. The summed E-state index contributed by atoms with van der Waals surface area (Å²) in [7, 11) is 1.87. The summed E-state index contributed by atoms with van der Waals surface area (Å²) in [6, 6.07) is 0. The molecule has 0 aliphatic rings. The highest BCUT2D eigenvalue weighted by Gasteiger charge is 2.09. The fraction of sp³-hybridized carbons (Fsp3) is 0.455. The van der Waals surface area contributed by atoms with Crippen LogP contribution in [-0.2, 0) is 13.6 Å². The van der Waals surface area contributed by atoms with Gasteiger partial charge in [0.2, 0.25) is 5.88 Å². The Hall–Kier alpha value is -2.38. The molecule has 3 N–H and O–H groups in total. The number of nitrogen functional groups attached to an aromatic ring is 1. The summed E-state index contributed by atoms with van der Waals surface area (Å²) in [5.74, 6) is 1.72. The normalized spacial score (nSPS) is 10.4. The number of rotatable bonds is 6. The molecule has 0 radical (unpaired) electrons. The van der Waals surface area contributed by atoms with Crippen LogP contribution in [0.15, 0.2) is 12.7 Å². The monoisotopic (exact) mass is 263 g/mol. The Morgan fingerprint density at radius 3 is 2.95 bits per heavy atom. The molecular formula is C11H17N7O. The average Bonchev–Trinajstić information content (AvgIpc) is 2.82. The summed E-state index contributed by atoms with van der Waals surface area (Å²) in [5.41, 5.74) is 6.35. The molecule has 2 heterocycles. The van der Waals surface area contributed by atoms with Crippen LogP contribution in [-0.4, -0.2) is 31.3 Å². The number of aryl methyl sites for hydroxylation is 1. The van der Waals surface area contributed by atoms with Gasteiger partial charge >= 0.3 is 0 Å². The van der Waals surface area contributed by atoms with Crippen LogP contribution in [0.5, 0.6) is 5.88 Å². The zero-order valence-corrected chi connectivity index (χ0v) is 11.0. The highest BCUT2D eigenvalue weighted by atomic mass is 16.5. The van der Waals surface area contributed by atoms with E-state index in [1.807, 2.05) is 18.5 Å². The van der Waals surface area contributed by atoms with Crippen molar-refractivity contribution in [2.45, 2.75) is 19.9 Å². The summed E-state index contributed by atoms with van der Waals surface area (Å²) in [4.78, 5) is 8.10. The Morgan fingerprint density at radius 1 is 1.42 bits per heavy atom. The molecule has 0 aromatic carbocycles. The number of nitrogens with one attached hydrogen (secondary N) is 1. The van der Waals surface area contributed by atoms with Crippen molar-refractivity contribution in [3.63, 3.8) is 0 Å². The van der Waals surface area contributed by atoms with E-state index in [9.17, 15) is 0 Å². The van der Waals surface area contributed by atoms with Gasteiger partial charge in [0, 0.05) is 7.05 Å². The van der Waals surface area contributed by atoms with Gasteiger partial charge in [-0.25, -0.2) is 4.98 Å². The van der Waals surface area contributed by atoms with Gasteiger partial charge in [0.05, 0.1) is 13.2 Å². The van der Waals surface area contributed by atoms with Crippen LogP contribution < -0.4 is 15.8 Å². The molecule has 2 aromatic rings. The van der Waals surface area contributed by atoms with Crippen molar-refractivity contribution in [2.24, 2.45) is 7.05 Å². The van der Waals surface area contributed by atoms with E-state index in [0.29, 0.717) is 30.5 Å². The average molecular weight is 263 g/mol. The van der Waals surface area contributed by atoms with Gasteiger partial charge in [0.25, 0.3) is 0 Å². The highest BCUT2D eigenvalue weighted by molar-refractivity contribution is 5.66. The second-order valence-corrected chi connectivity index (χ2v) is 4.00. The molecule has 8 nitrogen and oxygen atoms in total. The largest absolute Gasteiger partial charge is 0.476 e. The standard InChI is InChI=1S/C11H17N7O/c1-3-4-19-11-9(12)10(14-6-15-11)13-5-8-17-16-7-18(8)2/h6-7H,3-5,12H2,1-2H3,(H,13,14,15). The minimum atomic E-state index is 0.400. The van der Waals surface area contributed by atoms with Gasteiger partial charge in [-0.3, -0.25) is 0 Å². The van der Waals surface area contributed by atoms with Gasteiger partial charge in [-0.15, -0.1) is 10.2 Å². The van der Waals surface area contributed by atoms with E-state index in [-0.39, 0.29) is 0 Å². The Kier molecular flexibility index (Phi) is 4.11. The van der Waals surface area contributed by atoms with Crippen molar-refractivity contribution >= 4 is 11.5 Å². The third kappa shape index (κ3) is 3.09. The zero-order chi connectivity index (χ0) is 13.7. The van der Waals surface area contributed by atoms with Crippen molar-refractivity contribution in [1.82, 2.24) is 24.7 Å². The van der Waals surface area contributed by atoms with Crippen LogP contribution in [0.1, 0.15) is 19.2 Å². The molecule has 0 bridgehead atoms. The Morgan fingerprint density at radius 2 is 2.26 bits per heavy atom. The molecule has 0 aliphatic carbocycles. The van der Waals surface area contributed by atoms with Gasteiger partial charge < -0.3 is 20.4 Å². The van der Waals surface area contributed by atoms with Crippen LogP contribution in [0.3, 0.4) is 0 Å². The lowest BCUT2D eigenvalue weighted by Gasteiger charge is -2.11. The summed E-state index contributed by atoms with van der Waals surface area (Å²) < 4.78 is 7.26. The van der Waals surface area contributed by atoms with E-state index in [1.54, 1.807) is 6.33 Å². The molecule has 2 rings (SSSR count). The number of nitrogens with two attached hydrogens (primary N) is 1. The summed E-state index contributed by atoms with van der Waals surface area (Å²) in [6.07, 6.45) is 3.95. The van der Waals surface area contributed by atoms with Crippen molar-refractivity contribution in [1.29, 1.82) is 0 Å². The van der Waals surface area contributed by atoms with E-state index >= 15 is 0 Å². The van der Waals surface area contributed by atoms with Crippen molar-refractivity contribution in [2.75, 3.05) is 17.7 Å². The second kappa shape index (κ2) is 5.98. The number of hydrogen-bond donors (Lipinski definition) is 2. The van der Waals surface area contributed by atoms with E-state index < -0.39 is 0 Å². The number of anilines is 2. The van der Waals surface area contributed by atoms with Crippen LogP contribution in [0.25, 0.3) is 0 Å². The van der Waals surface area contributed by atoms with Gasteiger partial charge in [0.15, 0.2) is 11.6 Å². The molecule has 0 saturated carbocycles. The third-order valence-electron chi connectivity index (χ3n) is 2.51. The lowest BCUT2D eigenvalue weighted by Crippen LogP contribution is -2.10. The molecule has 2 aromatic heterocycles. The van der Waals surface area contributed by atoms with E-state index in [0.717, 1.165) is 12.2 Å². The first-order valence-corrected chi connectivity index (χ1v) is 6.02. The van der Waals surface area contributed by atoms with Crippen molar-refractivity contribution in [3.05, 3.63) is 18.5 Å². The smallest absolute Gasteiger partial charge is 0.242 e. The Bertz CT molecular complexity index is 540. The molecule has 0 spiro atoms. The Labute approximate surface area is 111 Å². The van der Waals surface area contributed by atoms with Crippen molar-refractivity contribution in [3.8, 4) is 5.88 Å². The first-order chi connectivity index (χ1) is 9.22. The number of ether oxygens (including phenoxy) is 1. The number of hydrogen-bond acceptors (Lipinski definition) is 7. The summed E-state index contributed by atoms with van der Waals surface area (Å²) in [6.45, 7) is 3.07. The zero-order valence-electron chi connectivity index (χ0n) is 11.0. The fourth-order valence-electron chi connectivity index (χ4n) is 1.46. The molecule has 8 heteroatoms. The molecule has 0 amide bonds. The van der Waals surface area contributed by atoms with Crippen molar-refractivity contribution < 1.29 is 4.74 Å². The Balaban J connectivity index is 2.06. The lowest BCUT2D eigenvalue weighted by molar-refractivity contribution is 0.306. The third-order valence-corrected chi connectivity index (χ3v) is 2.51. The number of nitrogens with zero attached hydrogens (tertiary/aromatic N) is 5. The highest BCUT2D eigenvalue weighted by Crippen LogP contribution is 2.24. The van der Waals surface area contributed by atoms with Crippen LogP contribution in [0, 0.1) is 0 Å². The predicted molar refractivity (Wildman–Crippen MR) is 70.6 cm³/mol. The van der Waals surface area contributed by atoms with Gasteiger partial charge in [-0.05, 0) is 6.42 Å². The van der Waals surface area contributed by atoms with Gasteiger partial charge in [-0.1, -0.05) is 6.92 Å². The topological polar surface area (TPSA) is 104 Å². The van der Waals surface area contributed by atoms with Gasteiger partial charge in [-0.2, -0.15) is 4.98 Å². The van der Waals surface area contributed by atoms with E-state index in [4.69, 9.17) is 10.5 Å². The second-order valence-electron chi connectivity index (χ2n) is 4.00. The predicted octanol–water partition coefficient (Wildman–Crippen LogP) is 0.588. The molecule has 0 fully saturated rings. The first kappa shape index (κ1) is 13.1. The number of aromatic nitrogens is 5. The van der Waals surface area contributed by atoms with Gasteiger partial charge in [0.1, 0.15) is 18.3 Å². The summed E-state index contributed by atoms with van der Waals surface area (Å²) >= 11 is 0. The molecule has 0 saturated heterocycles. The minimum Gasteiger partial charge on any atom is -0.476 e. The van der Waals surface area contributed by atoms with Crippen LogP contribution >= 0.6 is 0 Å². The molecule has 0 aliphatic heterocycles. The maximum Gasteiger partial charge on any atom is 0.242 e. The van der Waals surface area contributed by atoms with E-state index in [1.165, 1.54) is 6.33 Å². The minimum absolute atomic E-state index is 0.400. The lowest BCUT2D eigenvalue weighted by atomic mass is 10.4. The van der Waals surface area contributed by atoms with E-state index in [2.05, 4.69) is 25.5 Å². The molecule has 19 heavy (non-hydrogen) atoms. The summed E-state index contributed by atoms with van der Waals surface area (Å²) in [5, 5.41) is 10.9. The molecule has 0 unspecified atom stereocenters. The maximum atomic E-state index is 5.95. The van der Waals surface area contributed by atoms with Crippen LogP contribution in [0.4, 0.5) is 11.5 Å². The fourth-order valence-corrected chi connectivity index (χ4v) is 1.46. The maximum absolute atomic E-state index is 5.95. The first-order valence-electron chi connectivity index (χ1n) is 6.02. The quantitative estimate of drug-likeness (QED) is 0.785. The van der Waals surface area contributed by atoms with Crippen LogP contribution in [0.2, 0.25) is 0 Å². The molecule has 0 atom stereocenters. The molecule has 102 valence electrons.